The van der Waals surface area contributed by atoms with E-state index in [0.29, 0.717) is 0 Å². The second-order valence-electron chi connectivity index (χ2n) is 8.32. The lowest BCUT2D eigenvalue weighted by atomic mass is 9.97. The maximum Gasteiger partial charge on any atom is 0.362 e. The Kier molecular flexibility index (Phi) is 6.49. The van der Waals surface area contributed by atoms with E-state index in [1.807, 2.05) is 0 Å². The number of hydrogen-bond acceptors (Lipinski definition) is 12. The van der Waals surface area contributed by atoms with Crippen LogP contribution in [0.15, 0.2) is 10.5 Å². The van der Waals surface area contributed by atoms with E-state index in [1.54, 1.807) is 0 Å². The highest BCUT2D eigenvalue weighted by Crippen LogP contribution is 2.40. The Hall–Kier alpha value is -3.55. The number of amides is 4. The lowest BCUT2D eigenvalue weighted by Gasteiger charge is -2.45. The minimum atomic E-state index is -5.01. The molecule has 1 saturated carbocycles. The van der Waals surface area contributed by atoms with Crippen LogP contribution in [0.1, 0.15) is 18.5 Å². The summed E-state index contributed by atoms with van der Waals surface area (Å²) in [6.45, 7) is -0.133. The highest BCUT2D eigenvalue weighted by Gasteiger charge is 2.56. The van der Waals surface area contributed by atoms with Gasteiger partial charge in [0.05, 0.1) is 12.1 Å². The Morgan fingerprint density at radius 1 is 1.39 bits per heavy atom. The molecule has 0 radical (unpaired) electrons. The number of nitrogens with two attached hydrogens (primary N) is 2. The van der Waals surface area contributed by atoms with Crippen LogP contribution >= 0.6 is 11.3 Å². The summed E-state index contributed by atoms with van der Waals surface area (Å²) in [5.74, 6) is -3.49. The fourth-order valence-electron chi connectivity index (χ4n) is 3.72. The topological polar surface area (TPSA) is 260 Å². The molecule has 0 spiro atoms. The quantitative estimate of drug-likeness (QED) is 0.0738. The molecule has 0 bridgehead atoms. The van der Waals surface area contributed by atoms with Gasteiger partial charge in [-0.1, -0.05) is 5.16 Å². The number of hydrogen-bond donors (Lipinski definition) is 6. The predicted octanol–water partition coefficient (Wildman–Crippen LogP) is -3.09. The monoisotopic (exact) mass is 546 g/mol. The number of carbonyl (C=O) groups is 4. The van der Waals surface area contributed by atoms with Crippen LogP contribution in [0.4, 0.5) is 9.93 Å². The number of thiazole rings is 1. The van der Waals surface area contributed by atoms with E-state index in [9.17, 15) is 37.3 Å². The number of carboxylic acids is 1. The van der Waals surface area contributed by atoms with E-state index in [0.717, 1.165) is 11.3 Å². The van der Waals surface area contributed by atoms with Crippen molar-refractivity contribution in [2.45, 2.75) is 36.6 Å². The van der Waals surface area contributed by atoms with Crippen LogP contribution in [0.25, 0.3) is 0 Å². The van der Waals surface area contributed by atoms with Crippen molar-refractivity contribution >= 4 is 56.3 Å². The highest BCUT2D eigenvalue weighted by atomic mass is 32.2. The van der Waals surface area contributed by atoms with Gasteiger partial charge in [0.1, 0.15) is 11.7 Å². The van der Waals surface area contributed by atoms with Crippen LogP contribution in [0.5, 0.6) is 0 Å². The molecule has 36 heavy (non-hydrogen) atoms. The lowest BCUT2D eigenvalue weighted by Crippen LogP contribution is -2.74. The number of nitrogens with zero attached hydrogens (tertiary/aromatic N) is 4. The molecule has 19 heteroatoms. The van der Waals surface area contributed by atoms with Gasteiger partial charge >= 0.3 is 22.3 Å². The number of urea groups is 1. The summed E-state index contributed by atoms with van der Waals surface area (Å²) >= 11 is 0.958. The number of anilines is 1. The zero-order valence-electron chi connectivity index (χ0n) is 18.4. The van der Waals surface area contributed by atoms with Crippen LogP contribution in [-0.2, 0) is 29.5 Å². The Balaban J connectivity index is 1.56. The van der Waals surface area contributed by atoms with Gasteiger partial charge in [0, 0.05) is 37.9 Å². The van der Waals surface area contributed by atoms with E-state index in [2.05, 4.69) is 20.8 Å². The van der Waals surface area contributed by atoms with Crippen LogP contribution in [0, 0.1) is 0 Å². The van der Waals surface area contributed by atoms with Crippen molar-refractivity contribution in [2.75, 3.05) is 25.4 Å². The second-order valence-corrected chi connectivity index (χ2v) is 10.5. The first-order valence-electron chi connectivity index (χ1n) is 10.4. The van der Waals surface area contributed by atoms with E-state index < -0.39 is 63.6 Å². The molecule has 4 rings (SSSR count). The summed E-state index contributed by atoms with van der Waals surface area (Å²) in [7, 11) is -5.01. The number of carbonyl (C=O) groups excluding carboxylic acids is 3. The number of β-lactam (4-membered cyclic amide) rings is 1. The normalized spacial score (nSPS) is 25.3. The molecule has 3 aliphatic rings. The van der Waals surface area contributed by atoms with Gasteiger partial charge in [-0.05, 0) is 0 Å². The summed E-state index contributed by atoms with van der Waals surface area (Å²) < 4.78 is 33.2. The Bertz CT molecular complexity index is 1240. The molecule has 4 amide bonds. The second kappa shape index (κ2) is 9.15. The fourth-order valence-corrected chi connectivity index (χ4v) is 5.14. The lowest BCUT2D eigenvalue weighted by molar-refractivity contribution is -0.153. The molecule has 196 valence electrons. The molecule has 8 N–H and O–H groups in total. The molecule has 1 aromatic rings. The molecule has 2 aliphatic heterocycles. The third-order valence-corrected chi connectivity index (χ3v) is 7.46. The summed E-state index contributed by atoms with van der Waals surface area (Å²) in [4.78, 5) is 59.4. The Morgan fingerprint density at radius 2 is 2.08 bits per heavy atom. The fraction of sp³-hybridized carbons (Fsp3) is 0.529. The zero-order valence-corrected chi connectivity index (χ0v) is 20.0. The van der Waals surface area contributed by atoms with Gasteiger partial charge in [-0.2, -0.15) is 8.42 Å². The highest BCUT2D eigenvalue weighted by molar-refractivity contribution is 7.84. The molecule has 0 aromatic carbocycles. The standard InChI is InChI=1S/C17H22N8O9S2/c18-3-7-4-24(16(30)20-7)5-9-11(13(27)25(9)36(31,32)33)22-12(26)10(8-6-35-15(19)21-8)23-34-17(1-2-17)14(28)29/h6-7,9,11H,1-5,18H2,(H2,19,21)(H,20,30)(H,22,26)(H,28,29)(H,31,32,33). The zero-order chi connectivity index (χ0) is 26.4. The maximum absolute atomic E-state index is 13.1. The van der Waals surface area contributed by atoms with Crippen molar-refractivity contribution in [3.05, 3.63) is 11.1 Å². The molecular formula is C17H22N8O9S2. The maximum atomic E-state index is 13.1. The third-order valence-electron chi connectivity index (χ3n) is 5.84. The van der Waals surface area contributed by atoms with Crippen LogP contribution in [-0.4, -0.2) is 105 Å². The summed E-state index contributed by atoms with van der Waals surface area (Å²) in [6, 6.07) is -3.81. The smallest absolute Gasteiger partial charge is 0.362 e. The van der Waals surface area contributed by atoms with Gasteiger partial charge in [-0.3, -0.25) is 14.1 Å². The minimum absolute atomic E-state index is 0.0644. The van der Waals surface area contributed by atoms with Crippen LogP contribution < -0.4 is 22.1 Å². The summed E-state index contributed by atoms with van der Waals surface area (Å²) in [6.07, 6.45) is 0.322. The van der Waals surface area contributed by atoms with Crippen molar-refractivity contribution in [3.8, 4) is 0 Å². The first kappa shape index (κ1) is 25.5. The van der Waals surface area contributed by atoms with Crippen molar-refractivity contribution in [1.82, 2.24) is 24.8 Å². The van der Waals surface area contributed by atoms with Crippen LogP contribution in [0.3, 0.4) is 0 Å². The first-order chi connectivity index (χ1) is 16.9. The van der Waals surface area contributed by atoms with Gasteiger partial charge in [-0.25, -0.2) is 18.9 Å². The molecule has 3 unspecified atom stereocenters. The number of oxime groups is 1. The molecule has 17 nitrogen and oxygen atoms in total. The number of nitrogen functional groups attached to an aromatic ring is 1. The van der Waals surface area contributed by atoms with Gasteiger partial charge in [0.15, 0.2) is 10.8 Å². The van der Waals surface area contributed by atoms with E-state index in [4.69, 9.17) is 16.3 Å². The average molecular weight is 547 g/mol. The predicted molar refractivity (Wildman–Crippen MR) is 121 cm³/mol. The molecule has 3 fully saturated rings. The van der Waals surface area contributed by atoms with Gasteiger partial charge < -0.3 is 36.9 Å². The Morgan fingerprint density at radius 3 is 2.58 bits per heavy atom. The van der Waals surface area contributed by atoms with Crippen molar-refractivity contribution in [3.63, 3.8) is 0 Å². The number of aromatic nitrogens is 1. The number of nitrogens with one attached hydrogen (secondary N) is 2. The largest absolute Gasteiger partial charge is 0.478 e. The molecule has 2 saturated heterocycles. The first-order valence-corrected chi connectivity index (χ1v) is 12.7. The molecule has 3 heterocycles. The van der Waals surface area contributed by atoms with Crippen molar-refractivity contribution < 1.29 is 42.1 Å². The minimum Gasteiger partial charge on any atom is -0.478 e. The number of carboxylic acid groups (broad SMARTS) is 1. The molecule has 3 atom stereocenters. The van der Waals surface area contributed by atoms with Crippen molar-refractivity contribution in [2.24, 2.45) is 10.9 Å². The number of rotatable bonds is 10. The van der Waals surface area contributed by atoms with E-state index >= 15 is 0 Å². The van der Waals surface area contributed by atoms with E-state index in [-0.39, 0.29) is 47.6 Å². The SMILES string of the molecule is NCC1CN(CC2C(NC(=O)C(=NOC3(C(=O)O)CC3)c3csc(N)n3)C(=O)N2S(=O)(=O)O)C(=O)N1. The van der Waals surface area contributed by atoms with E-state index in [1.165, 1.54) is 10.3 Å². The number of aliphatic carboxylic acids is 1. The molecule has 1 aromatic heterocycles. The third kappa shape index (κ3) is 4.76. The van der Waals surface area contributed by atoms with Gasteiger partial charge in [0.25, 0.3) is 11.8 Å². The Labute approximate surface area is 207 Å². The molecular weight excluding hydrogens is 524 g/mol. The molecule has 1 aliphatic carbocycles. The van der Waals surface area contributed by atoms with Gasteiger partial charge in [-0.15, -0.1) is 11.3 Å². The van der Waals surface area contributed by atoms with Crippen LogP contribution in [0.2, 0.25) is 0 Å². The average Bonchev–Trinajstić information content (AvgIpc) is 3.34. The summed E-state index contributed by atoms with van der Waals surface area (Å²) in [5, 5.41) is 19.2. The van der Waals surface area contributed by atoms with Gasteiger partial charge in [0.2, 0.25) is 5.60 Å². The summed E-state index contributed by atoms with van der Waals surface area (Å²) in [5.41, 5.74) is 8.99. The van der Waals surface area contributed by atoms with Crippen molar-refractivity contribution in [1.29, 1.82) is 0 Å².